The fourth-order valence-corrected chi connectivity index (χ4v) is 2.89. The molecule has 0 unspecified atom stereocenters. The van der Waals surface area contributed by atoms with Crippen LogP contribution in [-0.4, -0.2) is 11.9 Å². The van der Waals surface area contributed by atoms with E-state index >= 15 is 0 Å². The molecule has 20 heavy (non-hydrogen) atoms. The zero-order valence-electron chi connectivity index (χ0n) is 12.3. The maximum absolute atomic E-state index is 5.74. The molecule has 1 aromatic rings. The van der Waals surface area contributed by atoms with Gasteiger partial charge >= 0.3 is 0 Å². The number of benzene rings is 1. The van der Waals surface area contributed by atoms with Gasteiger partial charge in [0.15, 0.2) is 0 Å². The molecule has 1 rings (SSSR count). The molecule has 1 nitrogen and oxygen atoms in total. The van der Waals surface area contributed by atoms with Crippen LogP contribution in [0.2, 0.25) is 0 Å². The molecule has 3 heteroatoms. The second kappa shape index (κ2) is 12.7. The lowest BCUT2D eigenvalue weighted by atomic mass is 10.1. The van der Waals surface area contributed by atoms with Gasteiger partial charge in [-0.2, -0.15) is 0 Å². The van der Waals surface area contributed by atoms with Crippen molar-refractivity contribution in [1.82, 2.24) is 0 Å². The van der Waals surface area contributed by atoms with Crippen molar-refractivity contribution < 1.29 is 4.74 Å². The van der Waals surface area contributed by atoms with Crippen molar-refractivity contribution in [2.75, 3.05) is 11.9 Å². The first-order chi connectivity index (χ1) is 9.86. The van der Waals surface area contributed by atoms with Gasteiger partial charge < -0.3 is 4.74 Å². The van der Waals surface area contributed by atoms with E-state index in [2.05, 4.69) is 56.1 Å². The Kier molecular flexibility index (Phi) is 11.4. The Morgan fingerprint density at radius 2 is 1.25 bits per heavy atom. The molecule has 1 aromatic carbocycles. The summed E-state index contributed by atoms with van der Waals surface area (Å²) in [5, 5.41) is 2.06. The highest BCUT2D eigenvalue weighted by atomic mass is 79.9. The van der Waals surface area contributed by atoms with Crippen molar-refractivity contribution in [3.8, 4) is 5.75 Å². The van der Waals surface area contributed by atoms with Crippen LogP contribution < -0.4 is 4.74 Å². The fourth-order valence-electron chi connectivity index (χ4n) is 2.12. The van der Waals surface area contributed by atoms with Crippen LogP contribution >= 0.6 is 31.9 Å². The standard InChI is InChI=1S/C17H26Br2O/c18-13-7-5-3-1-2-4-6-8-14-20-17-11-9-16(15-19)10-12-17/h9-12H,1-8,13-15H2. The minimum absolute atomic E-state index is 0.844. The lowest BCUT2D eigenvalue weighted by Gasteiger charge is -2.06. The summed E-state index contributed by atoms with van der Waals surface area (Å²) in [6.45, 7) is 0.844. The van der Waals surface area contributed by atoms with Crippen LogP contribution in [-0.2, 0) is 5.33 Å². The van der Waals surface area contributed by atoms with Crippen LogP contribution in [0.1, 0.15) is 56.9 Å². The number of alkyl halides is 2. The molecular formula is C17H26Br2O. The van der Waals surface area contributed by atoms with E-state index in [4.69, 9.17) is 4.74 Å². The highest BCUT2D eigenvalue weighted by Gasteiger charge is 1.96. The molecule has 0 amide bonds. The molecule has 0 aromatic heterocycles. The van der Waals surface area contributed by atoms with E-state index in [-0.39, 0.29) is 0 Å². The Morgan fingerprint density at radius 1 is 0.700 bits per heavy atom. The van der Waals surface area contributed by atoms with Crippen LogP contribution in [0, 0.1) is 0 Å². The first kappa shape index (κ1) is 18.0. The molecule has 114 valence electrons. The Balaban J connectivity index is 1.91. The van der Waals surface area contributed by atoms with Crippen molar-refractivity contribution in [1.29, 1.82) is 0 Å². The molecule has 0 aliphatic rings. The molecule has 0 heterocycles. The Bertz CT molecular complexity index is 324. The monoisotopic (exact) mass is 404 g/mol. The van der Waals surface area contributed by atoms with Crippen molar-refractivity contribution >= 4 is 31.9 Å². The summed E-state index contributed by atoms with van der Waals surface area (Å²) in [5.41, 5.74) is 1.29. The smallest absolute Gasteiger partial charge is 0.119 e. The third-order valence-electron chi connectivity index (χ3n) is 3.37. The number of unbranched alkanes of at least 4 members (excludes halogenated alkanes) is 7. The zero-order valence-corrected chi connectivity index (χ0v) is 15.4. The van der Waals surface area contributed by atoms with Gasteiger partial charge in [-0.1, -0.05) is 82.5 Å². The third-order valence-corrected chi connectivity index (χ3v) is 4.58. The van der Waals surface area contributed by atoms with E-state index < -0.39 is 0 Å². The summed E-state index contributed by atoms with van der Waals surface area (Å²) in [5.74, 6) is 0.990. The maximum Gasteiger partial charge on any atom is 0.119 e. The van der Waals surface area contributed by atoms with E-state index in [1.807, 2.05) is 0 Å². The van der Waals surface area contributed by atoms with E-state index in [1.54, 1.807) is 0 Å². The fraction of sp³-hybridized carbons (Fsp3) is 0.647. The molecule has 0 N–H and O–H groups in total. The summed E-state index contributed by atoms with van der Waals surface area (Å²) in [4.78, 5) is 0. The highest BCUT2D eigenvalue weighted by Crippen LogP contribution is 2.15. The molecule has 0 saturated carbocycles. The van der Waals surface area contributed by atoms with Crippen molar-refractivity contribution in [2.45, 2.75) is 56.7 Å². The van der Waals surface area contributed by atoms with Gasteiger partial charge in [-0.15, -0.1) is 0 Å². The van der Waals surface area contributed by atoms with Gasteiger partial charge in [0, 0.05) is 10.7 Å². The maximum atomic E-state index is 5.74. The Labute approximate surface area is 140 Å². The van der Waals surface area contributed by atoms with Crippen LogP contribution in [0.25, 0.3) is 0 Å². The number of rotatable bonds is 12. The number of hydrogen-bond donors (Lipinski definition) is 0. The SMILES string of the molecule is BrCCCCCCCCCCOc1ccc(CBr)cc1. The topological polar surface area (TPSA) is 9.23 Å². The van der Waals surface area contributed by atoms with Crippen LogP contribution in [0.4, 0.5) is 0 Å². The van der Waals surface area contributed by atoms with E-state index in [0.29, 0.717) is 0 Å². The molecule has 0 fully saturated rings. The first-order valence-electron chi connectivity index (χ1n) is 7.70. The highest BCUT2D eigenvalue weighted by molar-refractivity contribution is 9.09. The van der Waals surface area contributed by atoms with Gasteiger partial charge in [0.1, 0.15) is 5.75 Å². The van der Waals surface area contributed by atoms with Gasteiger partial charge in [-0.05, 0) is 30.5 Å². The van der Waals surface area contributed by atoms with E-state index in [1.165, 1.54) is 56.9 Å². The summed E-state index contributed by atoms with van der Waals surface area (Å²) in [6.07, 6.45) is 10.7. The molecule has 0 spiro atoms. The zero-order chi connectivity index (χ0) is 14.5. The Hall–Kier alpha value is -0.0200. The van der Waals surface area contributed by atoms with Crippen molar-refractivity contribution in [3.63, 3.8) is 0 Å². The van der Waals surface area contributed by atoms with Gasteiger partial charge in [0.25, 0.3) is 0 Å². The van der Waals surface area contributed by atoms with Gasteiger partial charge in [0.2, 0.25) is 0 Å². The second-order valence-electron chi connectivity index (χ2n) is 5.14. The van der Waals surface area contributed by atoms with E-state index in [0.717, 1.165) is 23.0 Å². The predicted molar refractivity (Wildman–Crippen MR) is 95.3 cm³/mol. The average molecular weight is 406 g/mol. The molecule has 0 radical (unpaired) electrons. The predicted octanol–water partition coefficient (Wildman–Crippen LogP) is 6.48. The summed E-state index contributed by atoms with van der Waals surface area (Å²) < 4.78 is 5.74. The molecule has 0 atom stereocenters. The quantitative estimate of drug-likeness (QED) is 0.285. The molecule has 0 aliphatic carbocycles. The number of ether oxygens (including phenoxy) is 1. The normalized spacial score (nSPS) is 10.7. The van der Waals surface area contributed by atoms with Gasteiger partial charge in [0.05, 0.1) is 6.61 Å². The first-order valence-corrected chi connectivity index (χ1v) is 9.95. The summed E-state index contributed by atoms with van der Waals surface area (Å²) in [7, 11) is 0. The minimum Gasteiger partial charge on any atom is -0.494 e. The second-order valence-corrected chi connectivity index (χ2v) is 6.50. The van der Waals surface area contributed by atoms with Crippen LogP contribution in [0.3, 0.4) is 0 Å². The average Bonchev–Trinajstić information content (AvgIpc) is 2.50. The lowest BCUT2D eigenvalue weighted by molar-refractivity contribution is 0.304. The number of hydrogen-bond acceptors (Lipinski definition) is 1. The minimum atomic E-state index is 0.844. The van der Waals surface area contributed by atoms with Crippen molar-refractivity contribution in [3.05, 3.63) is 29.8 Å². The van der Waals surface area contributed by atoms with Gasteiger partial charge in [-0.3, -0.25) is 0 Å². The molecule has 0 saturated heterocycles. The molecule has 0 bridgehead atoms. The summed E-state index contributed by atoms with van der Waals surface area (Å²) in [6, 6.07) is 8.33. The third kappa shape index (κ3) is 9.02. The van der Waals surface area contributed by atoms with Crippen LogP contribution in [0.15, 0.2) is 24.3 Å². The Morgan fingerprint density at radius 3 is 1.80 bits per heavy atom. The molecule has 0 aliphatic heterocycles. The van der Waals surface area contributed by atoms with Crippen molar-refractivity contribution in [2.24, 2.45) is 0 Å². The van der Waals surface area contributed by atoms with Gasteiger partial charge in [-0.25, -0.2) is 0 Å². The van der Waals surface area contributed by atoms with E-state index in [9.17, 15) is 0 Å². The lowest BCUT2D eigenvalue weighted by Crippen LogP contribution is -1.97. The summed E-state index contributed by atoms with van der Waals surface area (Å²) >= 11 is 6.92. The molecular weight excluding hydrogens is 380 g/mol. The largest absolute Gasteiger partial charge is 0.494 e. The number of halogens is 2. The van der Waals surface area contributed by atoms with Crippen LogP contribution in [0.5, 0.6) is 5.75 Å².